The average Bonchev–Trinajstić information content (AvgIpc) is 2.82. The lowest BCUT2D eigenvalue weighted by Gasteiger charge is -2.17. The average molecular weight is 217 g/mol. The molecule has 0 amide bonds. The van der Waals surface area contributed by atoms with Crippen LogP contribution in [0.1, 0.15) is 33.1 Å². The molecule has 0 radical (unpaired) electrons. The number of rotatable bonds is 3. The molecule has 0 N–H and O–H groups in total. The van der Waals surface area contributed by atoms with Gasteiger partial charge in [-0.15, -0.1) is 0 Å². The van der Waals surface area contributed by atoms with Crippen LogP contribution in [0.15, 0.2) is 0 Å². The van der Waals surface area contributed by atoms with E-state index in [-0.39, 0.29) is 5.25 Å². The quantitative estimate of drug-likeness (QED) is 0.717. The SMILES string of the molecule is CC(C)[C@H]1CCN(S(=O)(=O)C2CC2)C1. The molecule has 3 nitrogen and oxygen atoms in total. The molecular weight excluding hydrogens is 198 g/mol. The highest BCUT2D eigenvalue weighted by Gasteiger charge is 2.42. The molecule has 2 fully saturated rings. The van der Waals surface area contributed by atoms with E-state index in [1.165, 1.54) is 0 Å². The zero-order valence-corrected chi connectivity index (χ0v) is 9.76. The Hall–Kier alpha value is -0.0900. The molecule has 2 rings (SSSR count). The topological polar surface area (TPSA) is 37.4 Å². The Morgan fingerprint density at radius 3 is 2.29 bits per heavy atom. The first-order chi connectivity index (χ1) is 6.51. The fraction of sp³-hybridized carbons (Fsp3) is 1.00. The van der Waals surface area contributed by atoms with Gasteiger partial charge in [0.05, 0.1) is 5.25 Å². The van der Waals surface area contributed by atoms with Gasteiger partial charge in [0.1, 0.15) is 0 Å². The number of nitrogens with zero attached hydrogens (tertiary/aromatic N) is 1. The van der Waals surface area contributed by atoms with Crippen molar-refractivity contribution in [2.45, 2.75) is 38.4 Å². The molecule has 4 heteroatoms. The molecule has 0 aromatic carbocycles. The van der Waals surface area contributed by atoms with Crippen LogP contribution in [0, 0.1) is 11.8 Å². The van der Waals surface area contributed by atoms with E-state index in [1.54, 1.807) is 4.31 Å². The van der Waals surface area contributed by atoms with Crippen LogP contribution in [0.3, 0.4) is 0 Å². The van der Waals surface area contributed by atoms with Gasteiger partial charge in [-0.25, -0.2) is 12.7 Å². The van der Waals surface area contributed by atoms with Crippen molar-refractivity contribution in [1.29, 1.82) is 0 Å². The van der Waals surface area contributed by atoms with Crippen LogP contribution >= 0.6 is 0 Å². The Morgan fingerprint density at radius 2 is 1.86 bits per heavy atom. The highest BCUT2D eigenvalue weighted by atomic mass is 32.2. The van der Waals surface area contributed by atoms with Gasteiger partial charge >= 0.3 is 0 Å². The fourth-order valence-corrected chi connectivity index (χ4v) is 4.02. The highest BCUT2D eigenvalue weighted by molar-refractivity contribution is 7.90. The third kappa shape index (κ3) is 1.82. The molecule has 1 heterocycles. The van der Waals surface area contributed by atoms with E-state index in [9.17, 15) is 8.42 Å². The largest absolute Gasteiger partial charge is 0.216 e. The van der Waals surface area contributed by atoms with Gasteiger partial charge < -0.3 is 0 Å². The van der Waals surface area contributed by atoms with E-state index in [0.717, 1.165) is 32.4 Å². The van der Waals surface area contributed by atoms with Gasteiger partial charge in [-0.3, -0.25) is 0 Å². The summed E-state index contributed by atoms with van der Waals surface area (Å²) in [6.45, 7) is 5.87. The first kappa shape index (κ1) is 10.4. The summed E-state index contributed by atoms with van der Waals surface area (Å²) in [6, 6.07) is 0. The molecule has 1 aliphatic heterocycles. The van der Waals surface area contributed by atoms with Crippen LogP contribution in [0.4, 0.5) is 0 Å². The fourth-order valence-electron chi connectivity index (χ4n) is 2.11. The first-order valence-corrected chi connectivity index (χ1v) is 7.01. The van der Waals surface area contributed by atoms with E-state index in [1.807, 2.05) is 0 Å². The molecule has 0 spiro atoms. The zero-order chi connectivity index (χ0) is 10.3. The molecule has 0 bridgehead atoms. The summed E-state index contributed by atoms with van der Waals surface area (Å²) in [7, 11) is -2.90. The first-order valence-electron chi connectivity index (χ1n) is 5.51. The Balaban J connectivity index is 2.01. The maximum Gasteiger partial charge on any atom is 0.216 e. The monoisotopic (exact) mass is 217 g/mol. The van der Waals surface area contributed by atoms with Gasteiger partial charge in [0.15, 0.2) is 0 Å². The van der Waals surface area contributed by atoms with Crippen LogP contribution in [0.25, 0.3) is 0 Å². The van der Waals surface area contributed by atoms with E-state index < -0.39 is 10.0 Å². The summed E-state index contributed by atoms with van der Waals surface area (Å²) in [4.78, 5) is 0. The van der Waals surface area contributed by atoms with Crippen molar-refractivity contribution in [1.82, 2.24) is 4.31 Å². The Morgan fingerprint density at radius 1 is 1.21 bits per heavy atom. The lowest BCUT2D eigenvalue weighted by Crippen LogP contribution is -2.32. The summed E-state index contributed by atoms with van der Waals surface area (Å²) < 4.78 is 25.5. The maximum atomic E-state index is 11.9. The minimum absolute atomic E-state index is 0.0339. The Labute approximate surface area is 86.5 Å². The zero-order valence-electron chi connectivity index (χ0n) is 8.94. The van der Waals surface area contributed by atoms with Crippen LogP contribution in [0.2, 0.25) is 0 Å². The number of hydrogen-bond acceptors (Lipinski definition) is 2. The number of sulfonamides is 1. The molecule has 82 valence electrons. The molecule has 14 heavy (non-hydrogen) atoms. The lowest BCUT2D eigenvalue weighted by atomic mass is 9.96. The number of hydrogen-bond donors (Lipinski definition) is 0. The van der Waals surface area contributed by atoms with Gasteiger partial charge in [-0.05, 0) is 31.1 Å². The molecule has 1 atom stereocenters. The second-order valence-corrected chi connectivity index (χ2v) is 7.11. The third-order valence-corrected chi connectivity index (χ3v) is 5.80. The van der Waals surface area contributed by atoms with E-state index in [2.05, 4.69) is 13.8 Å². The predicted molar refractivity (Wildman–Crippen MR) is 56.5 cm³/mol. The summed E-state index contributed by atoms with van der Waals surface area (Å²) in [5, 5.41) is -0.0339. The van der Waals surface area contributed by atoms with Crippen LogP contribution in [-0.4, -0.2) is 31.1 Å². The van der Waals surface area contributed by atoms with Crippen molar-refractivity contribution in [2.75, 3.05) is 13.1 Å². The van der Waals surface area contributed by atoms with Gasteiger partial charge in [-0.2, -0.15) is 0 Å². The smallest absolute Gasteiger partial charge is 0.212 e. The molecule has 1 saturated heterocycles. The second-order valence-electron chi connectivity index (χ2n) is 4.90. The molecule has 1 saturated carbocycles. The van der Waals surface area contributed by atoms with Crippen molar-refractivity contribution < 1.29 is 8.42 Å². The summed E-state index contributed by atoms with van der Waals surface area (Å²) in [6.07, 6.45) is 2.81. The maximum absolute atomic E-state index is 11.9. The summed E-state index contributed by atoms with van der Waals surface area (Å²) >= 11 is 0. The van der Waals surface area contributed by atoms with Gasteiger partial charge in [-0.1, -0.05) is 13.8 Å². The van der Waals surface area contributed by atoms with Gasteiger partial charge in [0.25, 0.3) is 0 Å². The molecule has 0 unspecified atom stereocenters. The minimum Gasteiger partial charge on any atom is -0.212 e. The standard InChI is InChI=1S/C10H19NO2S/c1-8(2)9-5-6-11(7-9)14(12,13)10-3-4-10/h8-10H,3-7H2,1-2H3/t9-/m0/s1. The Kier molecular flexibility index (Phi) is 2.60. The molecule has 1 aliphatic carbocycles. The Bertz CT molecular complexity index is 306. The minimum atomic E-state index is -2.90. The summed E-state index contributed by atoms with van der Waals surface area (Å²) in [5.74, 6) is 1.18. The van der Waals surface area contributed by atoms with Crippen molar-refractivity contribution in [2.24, 2.45) is 11.8 Å². The predicted octanol–water partition coefficient (Wildman–Crippen LogP) is 1.46. The van der Waals surface area contributed by atoms with Crippen LogP contribution in [-0.2, 0) is 10.0 Å². The van der Waals surface area contributed by atoms with E-state index >= 15 is 0 Å². The highest BCUT2D eigenvalue weighted by Crippen LogP contribution is 2.34. The van der Waals surface area contributed by atoms with Crippen molar-refractivity contribution in [3.63, 3.8) is 0 Å². The van der Waals surface area contributed by atoms with Crippen molar-refractivity contribution in [3.8, 4) is 0 Å². The van der Waals surface area contributed by atoms with Crippen molar-refractivity contribution in [3.05, 3.63) is 0 Å². The lowest BCUT2D eigenvalue weighted by molar-refractivity contribution is 0.388. The van der Waals surface area contributed by atoms with Crippen molar-refractivity contribution >= 4 is 10.0 Å². The molecule has 0 aromatic heterocycles. The molecule has 0 aromatic rings. The van der Waals surface area contributed by atoms with E-state index in [0.29, 0.717) is 11.8 Å². The van der Waals surface area contributed by atoms with Crippen LogP contribution < -0.4 is 0 Å². The van der Waals surface area contributed by atoms with E-state index in [4.69, 9.17) is 0 Å². The normalized spacial score (nSPS) is 30.1. The second kappa shape index (κ2) is 3.49. The van der Waals surface area contributed by atoms with Gasteiger partial charge in [0.2, 0.25) is 10.0 Å². The van der Waals surface area contributed by atoms with Crippen LogP contribution in [0.5, 0.6) is 0 Å². The third-order valence-electron chi connectivity index (χ3n) is 3.44. The molecular formula is C10H19NO2S. The molecule has 2 aliphatic rings. The summed E-state index contributed by atoms with van der Waals surface area (Å²) in [5.41, 5.74) is 0. The van der Waals surface area contributed by atoms with Gasteiger partial charge in [0, 0.05) is 13.1 Å².